The van der Waals surface area contributed by atoms with E-state index in [-0.39, 0.29) is 6.61 Å². The molecule has 4 nitrogen and oxygen atoms in total. The fourth-order valence-electron chi connectivity index (χ4n) is 2.12. The first kappa shape index (κ1) is 15.6. The van der Waals surface area contributed by atoms with Gasteiger partial charge in [0.2, 0.25) is 0 Å². The number of rotatable bonds is 5. The van der Waals surface area contributed by atoms with Crippen molar-refractivity contribution in [3.63, 3.8) is 0 Å². The van der Waals surface area contributed by atoms with Gasteiger partial charge in [0.25, 0.3) is 0 Å². The fraction of sp³-hybridized carbons (Fsp3) is 0.222. The van der Waals surface area contributed by atoms with Gasteiger partial charge in [0.15, 0.2) is 0 Å². The van der Waals surface area contributed by atoms with Crippen LogP contribution in [0.15, 0.2) is 42.5 Å². The molecule has 0 saturated heterocycles. The Balaban J connectivity index is 2.32. The summed E-state index contributed by atoms with van der Waals surface area (Å²) in [4.78, 5) is 12.2. The SMILES string of the molecule is CCOC(=O)c1c(OCc2ccccc2)ccc(C#N)c1C. The van der Waals surface area contributed by atoms with Gasteiger partial charge in [-0.25, -0.2) is 4.79 Å². The Morgan fingerprint density at radius 3 is 2.55 bits per heavy atom. The Morgan fingerprint density at radius 2 is 1.91 bits per heavy atom. The third kappa shape index (κ3) is 3.44. The molecule has 0 aliphatic carbocycles. The van der Waals surface area contributed by atoms with E-state index in [9.17, 15) is 4.79 Å². The van der Waals surface area contributed by atoms with E-state index in [1.54, 1.807) is 26.0 Å². The lowest BCUT2D eigenvalue weighted by Crippen LogP contribution is -2.11. The van der Waals surface area contributed by atoms with Crippen molar-refractivity contribution in [2.45, 2.75) is 20.5 Å². The number of ether oxygens (including phenoxy) is 2. The predicted molar refractivity (Wildman–Crippen MR) is 82.6 cm³/mol. The predicted octanol–water partition coefficient (Wildman–Crippen LogP) is 3.62. The Morgan fingerprint density at radius 1 is 1.18 bits per heavy atom. The van der Waals surface area contributed by atoms with Gasteiger partial charge in [-0.1, -0.05) is 30.3 Å². The van der Waals surface area contributed by atoms with Gasteiger partial charge in [0.1, 0.15) is 17.9 Å². The number of esters is 1. The summed E-state index contributed by atoms with van der Waals surface area (Å²) in [6.07, 6.45) is 0. The van der Waals surface area contributed by atoms with E-state index in [0.717, 1.165) is 5.56 Å². The number of nitrogens with zero attached hydrogens (tertiary/aromatic N) is 1. The largest absolute Gasteiger partial charge is 0.488 e. The van der Waals surface area contributed by atoms with Crippen molar-refractivity contribution in [1.29, 1.82) is 5.26 Å². The van der Waals surface area contributed by atoms with Crippen LogP contribution in [0, 0.1) is 18.3 Å². The molecule has 0 bridgehead atoms. The number of benzene rings is 2. The maximum Gasteiger partial charge on any atom is 0.342 e. The van der Waals surface area contributed by atoms with Crippen LogP contribution in [-0.4, -0.2) is 12.6 Å². The number of hydrogen-bond donors (Lipinski definition) is 0. The summed E-state index contributed by atoms with van der Waals surface area (Å²) >= 11 is 0. The lowest BCUT2D eigenvalue weighted by Gasteiger charge is -2.14. The molecule has 2 rings (SSSR count). The standard InChI is InChI=1S/C18H17NO3/c1-3-21-18(20)17-13(2)15(11-19)9-10-16(17)22-12-14-7-5-4-6-8-14/h4-10H,3,12H2,1-2H3. The summed E-state index contributed by atoms with van der Waals surface area (Å²) < 4.78 is 10.8. The molecule has 0 saturated carbocycles. The fourth-order valence-corrected chi connectivity index (χ4v) is 2.12. The first-order chi connectivity index (χ1) is 10.7. The zero-order valence-electron chi connectivity index (χ0n) is 12.6. The smallest absolute Gasteiger partial charge is 0.342 e. The highest BCUT2D eigenvalue weighted by Crippen LogP contribution is 2.26. The highest BCUT2D eigenvalue weighted by atomic mass is 16.5. The molecule has 4 heteroatoms. The summed E-state index contributed by atoms with van der Waals surface area (Å²) in [6, 6.07) is 15.0. The minimum absolute atomic E-state index is 0.271. The molecule has 0 aliphatic rings. The third-order valence-electron chi connectivity index (χ3n) is 3.26. The zero-order valence-corrected chi connectivity index (χ0v) is 12.6. The highest BCUT2D eigenvalue weighted by Gasteiger charge is 2.19. The molecule has 0 aliphatic heterocycles. The monoisotopic (exact) mass is 295 g/mol. The van der Waals surface area contributed by atoms with Crippen molar-refractivity contribution in [2.24, 2.45) is 0 Å². The third-order valence-corrected chi connectivity index (χ3v) is 3.26. The van der Waals surface area contributed by atoms with E-state index in [4.69, 9.17) is 14.7 Å². The maximum atomic E-state index is 12.2. The van der Waals surface area contributed by atoms with Crippen molar-refractivity contribution in [1.82, 2.24) is 0 Å². The summed E-state index contributed by atoms with van der Waals surface area (Å²) in [6.45, 7) is 4.08. The van der Waals surface area contributed by atoms with Gasteiger partial charge in [-0.2, -0.15) is 5.26 Å². The summed E-state index contributed by atoms with van der Waals surface area (Å²) in [5.74, 6) is -0.0426. The van der Waals surface area contributed by atoms with Crippen LogP contribution in [0.2, 0.25) is 0 Å². The molecule has 0 heterocycles. The van der Waals surface area contributed by atoms with Crippen LogP contribution in [0.3, 0.4) is 0 Å². The minimum Gasteiger partial charge on any atom is -0.488 e. The van der Waals surface area contributed by atoms with Crippen LogP contribution in [0.25, 0.3) is 0 Å². The molecule has 2 aromatic rings. The second-order valence-electron chi connectivity index (χ2n) is 4.72. The minimum atomic E-state index is -0.472. The van der Waals surface area contributed by atoms with Gasteiger partial charge in [0.05, 0.1) is 18.2 Å². The number of carbonyl (C=O) groups is 1. The van der Waals surface area contributed by atoms with E-state index in [2.05, 4.69) is 6.07 Å². The summed E-state index contributed by atoms with van der Waals surface area (Å²) in [5.41, 5.74) is 2.33. The highest BCUT2D eigenvalue weighted by molar-refractivity contribution is 5.94. The van der Waals surface area contributed by atoms with Crippen molar-refractivity contribution in [3.05, 3.63) is 64.7 Å². The van der Waals surface area contributed by atoms with Crippen molar-refractivity contribution in [2.75, 3.05) is 6.61 Å². The molecule has 2 aromatic carbocycles. The second-order valence-corrected chi connectivity index (χ2v) is 4.72. The first-order valence-electron chi connectivity index (χ1n) is 7.05. The van der Waals surface area contributed by atoms with Gasteiger partial charge in [-0.3, -0.25) is 0 Å². The number of carbonyl (C=O) groups excluding carboxylic acids is 1. The van der Waals surface area contributed by atoms with Crippen molar-refractivity contribution in [3.8, 4) is 11.8 Å². The van der Waals surface area contributed by atoms with E-state index < -0.39 is 5.97 Å². The molecule has 0 radical (unpaired) electrons. The average molecular weight is 295 g/mol. The second kappa shape index (κ2) is 7.28. The van der Waals surface area contributed by atoms with Crippen LogP contribution in [0.4, 0.5) is 0 Å². The summed E-state index contributed by atoms with van der Waals surface area (Å²) in [5, 5.41) is 9.11. The van der Waals surface area contributed by atoms with E-state index in [0.29, 0.717) is 29.0 Å². The van der Waals surface area contributed by atoms with Crippen LogP contribution in [-0.2, 0) is 11.3 Å². The topological polar surface area (TPSA) is 59.3 Å². The molecule has 22 heavy (non-hydrogen) atoms. The first-order valence-corrected chi connectivity index (χ1v) is 7.05. The molecule has 0 amide bonds. The zero-order chi connectivity index (χ0) is 15.9. The van der Waals surface area contributed by atoms with Gasteiger partial charge < -0.3 is 9.47 Å². The molecule has 0 spiro atoms. The van der Waals surface area contributed by atoms with Crippen LogP contribution in [0.5, 0.6) is 5.75 Å². The van der Waals surface area contributed by atoms with Gasteiger partial charge in [-0.15, -0.1) is 0 Å². The lowest BCUT2D eigenvalue weighted by molar-refractivity contribution is 0.0520. The Hall–Kier alpha value is -2.80. The van der Waals surface area contributed by atoms with Crippen molar-refractivity contribution >= 4 is 5.97 Å². The average Bonchev–Trinajstić information content (AvgIpc) is 2.54. The Kier molecular flexibility index (Phi) is 5.16. The van der Waals surface area contributed by atoms with E-state index >= 15 is 0 Å². The Labute approximate surface area is 129 Å². The van der Waals surface area contributed by atoms with Crippen LogP contribution in [0.1, 0.15) is 34.0 Å². The molecule has 0 N–H and O–H groups in total. The molecule has 0 aromatic heterocycles. The normalized spacial score (nSPS) is 9.86. The van der Waals surface area contributed by atoms with Crippen LogP contribution >= 0.6 is 0 Å². The Bertz CT molecular complexity index is 702. The molecular formula is C18H17NO3. The summed E-state index contributed by atoms with van der Waals surface area (Å²) in [7, 11) is 0. The molecule has 112 valence electrons. The number of nitriles is 1. The van der Waals surface area contributed by atoms with E-state index in [1.165, 1.54) is 0 Å². The quantitative estimate of drug-likeness (QED) is 0.790. The lowest BCUT2D eigenvalue weighted by atomic mass is 10.0. The number of hydrogen-bond acceptors (Lipinski definition) is 4. The van der Waals surface area contributed by atoms with Gasteiger partial charge in [0, 0.05) is 0 Å². The molecule has 0 atom stereocenters. The van der Waals surface area contributed by atoms with Crippen molar-refractivity contribution < 1.29 is 14.3 Å². The van der Waals surface area contributed by atoms with E-state index in [1.807, 2.05) is 30.3 Å². The van der Waals surface area contributed by atoms with Crippen LogP contribution < -0.4 is 4.74 Å². The molecule has 0 fully saturated rings. The maximum absolute atomic E-state index is 12.2. The van der Waals surface area contributed by atoms with Gasteiger partial charge in [-0.05, 0) is 37.1 Å². The molecule has 0 unspecified atom stereocenters. The van der Waals surface area contributed by atoms with Gasteiger partial charge >= 0.3 is 5.97 Å². The molecular weight excluding hydrogens is 278 g/mol.